The van der Waals surface area contributed by atoms with Crippen molar-refractivity contribution in [2.24, 2.45) is 0 Å². The number of aliphatic hydroxyl groups excluding tert-OH is 1. The molecule has 0 saturated heterocycles. The van der Waals surface area contributed by atoms with Crippen LogP contribution in [0.4, 0.5) is 5.69 Å². The zero-order valence-electron chi connectivity index (χ0n) is 11.2. The molecule has 0 radical (unpaired) electrons. The van der Waals surface area contributed by atoms with Gasteiger partial charge in [-0.1, -0.05) is 19.1 Å². The zero-order valence-corrected chi connectivity index (χ0v) is 12.0. The fraction of sp³-hybridized carbons (Fsp3) is 0.600. The molecule has 0 aliphatic heterocycles. The van der Waals surface area contributed by atoms with Gasteiger partial charge in [0, 0.05) is 31.3 Å². The summed E-state index contributed by atoms with van der Waals surface area (Å²) in [6.07, 6.45) is 4.12. The Morgan fingerprint density at radius 1 is 1.11 bits per heavy atom. The number of halogens is 1. The Bertz CT molecular complexity index is 307. The van der Waals surface area contributed by atoms with E-state index in [2.05, 4.69) is 36.1 Å². The Morgan fingerprint density at radius 3 is 2.39 bits per heavy atom. The smallest absolute Gasteiger partial charge is 0.0431 e. The van der Waals surface area contributed by atoms with E-state index in [4.69, 9.17) is 16.7 Å². The van der Waals surface area contributed by atoms with Gasteiger partial charge in [-0.15, -0.1) is 11.6 Å². The van der Waals surface area contributed by atoms with E-state index in [1.807, 2.05) is 0 Å². The number of aliphatic hydroxyl groups is 1. The molecule has 0 fully saturated rings. The van der Waals surface area contributed by atoms with Gasteiger partial charge < -0.3 is 10.0 Å². The SMILES string of the molecule is CCCN(CCCl)c1ccc(CCCCO)cc1. The quantitative estimate of drug-likeness (QED) is 0.548. The van der Waals surface area contributed by atoms with Crippen molar-refractivity contribution in [1.29, 1.82) is 0 Å². The van der Waals surface area contributed by atoms with Gasteiger partial charge in [-0.2, -0.15) is 0 Å². The summed E-state index contributed by atoms with van der Waals surface area (Å²) >= 11 is 5.83. The molecule has 0 aliphatic carbocycles. The number of anilines is 1. The van der Waals surface area contributed by atoms with Crippen LogP contribution >= 0.6 is 11.6 Å². The molecule has 0 saturated carbocycles. The number of hydrogen-bond donors (Lipinski definition) is 1. The second-order valence-corrected chi connectivity index (χ2v) is 4.90. The van der Waals surface area contributed by atoms with E-state index in [9.17, 15) is 0 Å². The molecular formula is C15H24ClNO. The molecule has 1 aromatic rings. The number of benzene rings is 1. The Morgan fingerprint density at radius 2 is 1.83 bits per heavy atom. The summed E-state index contributed by atoms with van der Waals surface area (Å²) in [5.74, 6) is 0.665. The van der Waals surface area contributed by atoms with E-state index in [1.54, 1.807) is 0 Å². The minimum atomic E-state index is 0.290. The third kappa shape index (κ3) is 5.28. The normalized spacial score (nSPS) is 10.6. The molecule has 0 aromatic heterocycles. The minimum Gasteiger partial charge on any atom is -0.396 e. The molecule has 0 bridgehead atoms. The number of alkyl halides is 1. The molecule has 1 rings (SSSR count). The molecule has 0 amide bonds. The van der Waals surface area contributed by atoms with Crippen LogP contribution in [0, 0.1) is 0 Å². The van der Waals surface area contributed by atoms with Gasteiger partial charge in [0.2, 0.25) is 0 Å². The van der Waals surface area contributed by atoms with Crippen LogP contribution in [-0.4, -0.2) is 30.7 Å². The van der Waals surface area contributed by atoms with Crippen LogP contribution in [0.3, 0.4) is 0 Å². The standard InChI is InChI=1S/C15H24ClNO/c1-2-11-17(12-10-16)15-8-6-14(7-9-15)5-3-4-13-18/h6-9,18H,2-5,10-13H2,1H3. The van der Waals surface area contributed by atoms with E-state index in [0.29, 0.717) is 5.88 Å². The number of rotatable bonds is 9. The second-order valence-electron chi connectivity index (χ2n) is 4.52. The highest BCUT2D eigenvalue weighted by Crippen LogP contribution is 2.17. The third-order valence-electron chi connectivity index (χ3n) is 3.02. The van der Waals surface area contributed by atoms with E-state index in [1.165, 1.54) is 11.3 Å². The highest BCUT2D eigenvalue weighted by Gasteiger charge is 2.04. The van der Waals surface area contributed by atoms with Crippen molar-refractivity contribution in [2.45, 2.75) is 32.6 Å². The molecular weight excluding hydrogens is 246 g/mol. The van der Waals surface area contributed by atoms with E-state index in [0.717, 1.165) is 38.8 Å². The lowest BCUT2D eigenvalue weighted by Crippen LogP contribution is -2.26. The first-order valence-electron chi connectivity index (χ1n) is 6.82. The van der Waals surface area contributed by atoms with Gasteiger partial charge in [0.15, 0.2) is 0 Å². The number of hydrogen-bond acceptors (Lipinski definition) is 2. The highest BCUT2D eigenvalue weighted by molar-refractivity contribution is 6.18. The lowest BCUT2D eigenvalue weighted by molar-refractivity contribution is 0.284. The number of nitrogens with zero attached hydrogens (tertiary/aromatic N) is 1. The molecule has 0 heterocycles. The van der Waals surface area contributed by atoms with Gasteiger partial charge in [-0.05, 0) is 43.4 Å². The first-order valence-corrected chi connectivity index (χ1v) is 7.36. The van der Waals surface area contributed by atoms with Crippen LogP contribution in [0.5, 0.6) is 0 Å². The Hall–Kier alpha value is -0.730. The van der Waals surface area contributed by atoms with Gasteiger partial charge in [-0.3, -0.25) is 0 Å². The van der Waals surface area contributed by atoms with Gasteiger partial charge in [0.05, 0.1) is 0 Å². The summed E-state index contributed by atoms with van der Waals surface area (Å²) in [6.45, 7) is 4.43. The molecule has 18 heavy (non-hydrogen) atoms. The van der Waals surface area contributed by atoms with Crippen LogP contribution in [0.1, 0.15) is 31.7 Å². The maximum atomic E-state index is 8.76. The van der Waals surface area contributed by atoms with E-state index < -0.39 is 0 Å². The molecule has 1 N–H and O–H groups in total. The van der Waals surface area contributed by atoms with Crippen molar-refractivity contribution in [2.75, 3.05) is 30.5 Å². The van der Waals surface area contributed by atoms with Crippen molar-refractivity contribution in [3.63, 3.8) is 0 Å². The first kappa shape index (κ1) is 15.3. The molecule has 1 aromatic carbocycles. The van der Waals surface area contributed by atoms with Crippen LogP contribution < -0.4 is 4.90 Å². The topological polar surface area (TPSA) is 23.5 Å². The van der Waals surface area contributed by atoms with Gasteiger partial charge in [0.25, 0.3) is 0 Å². The fourth-order valence-electron chi connectivity index (χ4n) is 2.06. The third-order valence-corrected chi connectivity index (χ3v) is 3.19. The maximum absolute atomic E-state index is 8.76. The summed E-state index contributed by atoms with van der Waals surface area (Å²) in [7, 11) is 0. The summed E-state index contributed by atoms with van der Waals surface area (Å²) in [5.41, 5.74) is 2.60. The predicted octanol–water partition coefficient (Wildman–Crippen LogP) is 3.46. The van der Waals surface area contributed by atoms with Crippen molar-refractivity contribution >= 4 is 17.3 Å². The molecule has 0 atom stereocenters. The van der Waals surface area contributed by atoms with Crippen LogP contribution in [0.15, 0.2) is 24.3 Å². The van der Waals surface area contributed by atoms with Crippen molar-refractivity contribution in [3.8, 4) is 0 Å². The van der Waals surface area contributed by atoms with Crippen LogP contribution in [0.2, 0.25) is 0 Å². The summed E-state index contributed by atoms with van der Waals surface area (Å²) in [5, 5.41) is 8.76. The number of unbranched alkanes of at least 4 members (excludes halogenated alkanes) is 1. The molecule has 3 heteroatoms. The Balaban J connectivity index is 2.56. The average Bonchev–Trinajstić information content (AvgIpc) is 2.40. The average molecular weight is 270 g/mol. The largest absolute Gasteiger partial charge is 0.396 e. The number of aryl methyl sites for hydroxylation is 1. The molecule has 0 spiro atoms. The van der Waals surface area contributed by atoms with E-state index >= 15 is 0 Å². The summed E-state index contributed by atoms with van der Waals surface area (Å²) < 4.78 is 0. The van der Waals surface area contributed by atoms with Gasteiger partial charge >= 0.3 is 0 Å². The lowest BCUT2D eigenvalue weighted by Gasteiger charge is -2.23. The second kappa shape index (κ2) is 9.23. The van der Waals surface area contributed by atoms with Crippen LogP contribution in [-0.2, 0) is 6.42 Å². The lowest BCUT2D eigenvalue weighted by atomic mass is 10.1. The Kier molecular flexibility index (Phi) is 7.86. The van der Waals surface area contributed by atoms with Gasteiger partial charge in [0.1, 0.15) is 0 Å². The highest BCUT2D eigenvalue weighted by atomic mass is 35.5. The minimum absolute atomic E-state index is 0.290. The van der Waals surface area contributed by atoms with Gasteiger partial charge in [-0.25, -0.2) is 0 Å². The molecule has 0 aliphatic rings. The van der Waals surface area contributed by atoms with E-state index in [-0.39, 0.29) is 6.61 Å². The van der Waals surface area contributed by atoms with Crippen LogP contribution in [0.25, 0.3) is 0 Å². The zero-order chi connectivity index (χ0) is 13.2. The molecule has 102 valence electrons. The maximum Gasteiger partial charge on any atom is 0.0431 e. The fourth-order valence-corrected chi connectivity index (χ4v) is 2.26. The summed E-state index contributed by atoms with van der Waals surface area (Å²) in [4.78, 5) is 2.32. The summed E-state index contributed by atoms with van der Waals surface area (Å²) in [6, 6.07) is 8.72. The first-order chi connectivity index (χ1) is 8.81. The molecule has 0 unspecified atom stereocenters. The van der Waals surface area contributed by atoms with Crippen molar-refractivity contribution < 1.29 is 5.11 Å². The van der Waals surface area contributed by atoms with Crippen molar-refractivity contribution in [3.05, 3.63) is 29.8 Å². The molecule has 2 nitrogen and oxygen atoms in total. The monoisotopic (exact) mass is 269 g/mol. The Labute approximate surface area is 116 Å². The van der Waals surface area contributed by atoms with Crippen molar-refractivity contribution in [1.82, 2.24) is 0 Å². The predicted molar refractivity (Wildman–Crippen MR) is 79.7 cm³/mol.